The van der Waals surface area contributed by atoms with Gasteiger partial charge >= 0.3 is 0 Å². The molecule has 1 aliphatic heterocycles. The molecule has 0 aromatic heterocycles. The molecule has 1 aromatic rings. The molecular weight excluding hydrogens is 288 g/mol. The monoisotopic (exact) mass is 308 g/mol. The van der Waals surface area contributed by atoms with Gasteiger partial charge in [0.1, 0.15) is 0 Å². The minimum atomic E-state index is -3.49. The van der Waals surface area contributed by atoms with Crippen LogP contribution in [0.3, 0.4) is 0 Å². The molecule has 5 nitrogen and oxygen atoms in total. The second kappa shape index (κ2) is 6.94. The molecule has 1 aromatic carbocycles. The summed E-state index contributed by atoms with van der Waals surface area (Å²) in [5.74, 6) is 5.65. The largest absolute Gasteiger partial charge is 0.393 e. The van der Waals surface area contributed by atoms with Gasteiger partial charge in [-0.3, -0.25) is 0 Å². The molecule has 1 fully saturated rings. The average Bonchev–Trinajstić information content (AvgIpc) is 2.48. The van der Waals surface area contributed by atoms with Gasteiger partial charge in [0.25, 0.3) is 0 Å². The van der Waals surface area contributed by atoms with Crippen molar-refractivity contribution in [2.45, 2.75) is 30.8 Å². The maximum Gasteiger partial charge on any atom is 0.243 e. The van der Waals surface area contributed by atoms with Crippen molar-refractivity contribution in [3.05, 3.63) is 24.3 Å². The first-order chi connectivity index (χ1) is 10.0. The third kappa shape index (κ3) is 3.97. The average molecular weight is 308 g/mol. The number of sulfonamides is 1. The Bertz CT molecular complexity index is 638. The minimum Gasteiger partial charge on any atom is -0.393 e. The predicted molar refractivity (Wildman–Crippen MR) is 82.4 cm³/mol. The van der Waals surface area contributed by atoms with E-state index in [-0.39, 0.29) is 4.90 Å². The highest BCUT2D eigenvalue weighted by Crippen LogP contribution is 2.22. The van der Waals surface area contributed by atoms with Crippen LogP contribution in [0.4, 0.5) is 5.69 Å². The van der Waals surface area contributed by atoms with Gasteiger partial charge in [0.2, 0.25) is 10.0 Å². The van der Waals surface area contributed by atoms with E-state index in [0.717, 1.165) is 5.69 Å². The maximum atomic E-state index is 12.6. The Balaban J connectivity index is 2.15. The number of piperidine rings is 1. The van der Waals surface area contributed by atoms with Crippen molar-refractivity contribution in [3.8, 4) is 11.8 Å². The lowest BCUT2D eigenvalue weighted by Crippen LogP contribution is -2.39. The van der Waals surface area contributed by atoms with Crippen molar-refractivity contribution in [1.29, 1.82) is 0 Å². The smallest absolute Gasteiger partial charge is 0.243 e. The molecule has 1 saturated heterocycles. The zero-order valence-electron chi connectivity index (χ0n) is 12.0. The normalized spacial score (nSPS) is 17.0. The Hall–Kier alpha value is -1.55. The number of rotatable bonds is 4. The Kier molecular flexibility index (Phi) is 5.23. The van der Waals surface area contributed by atoms with E-state index in [1.165, 1.54) is 4.31 Å². The molecule has 0 amide bonds. The molecule has 0 atom stereocenters. The van der Waals surface area contributed by atoms with Crippen LogP contribution in [0.25, 0.3) is 0 Å². The third-order valence-electron chi connectivity index (χ3n) is 3.45. The van der Waals surface area contributed by atoms with Crippen molar-refractivity contribution in [1.82, 2.24) is 4.31 Å². The molecule has 0 saturated carbocycles. The van der Waals surface area contributed by atoms with E-state index >= 15 is 0 Å². The molecule has 6 heteroatoms. The summed E-state index contributed by atoms with van der Waals surface area (Å²) in [6.45, 7) is 2.97. The number of benzene rings is 1. The van der Waals surface area contributed by atoms with Gasteiger partial charge in [-0.05, 0) is 38.0 Å². The molecule has 2 rings (SSSR count). The maximum absolute atomic E-state index is 12.6. The Morgan fingerprint density at radius 1 is 1.38 bits per heavy atom. The highest BCUT2D eigenvalue weighted by molar-refractivity contribution is 7.89. The van der Waals surface area contributed by atoms with Gasteiger partial charge in [-0.15, -0.1) is 5.92 Å². The standard InChI is InChI=1S/C15H20N2O3S/c1-2-3-9-16-13-5-4-6-15(12-13)21(19,20)17-10-7-14(18)8-11-17/h4-6,12,14,16,18H,7-11H2,1H3. The Labute approximate surface area is 126 Å². The van der Waals surface area contributed by atoms with Crippen molar-refractivity contribution in [3.63, 3.8) is 0 Å². The van der Waals surface area contributed by atoms with E-state index in [2.05, 4.69) is 17.2 Å². The fraction of sp³-hybridized carbons (Fsp3) is 0.467. The number of hydrogen-bond donors (Lipinski definition) is 2. The summed E-state index contributed by atoms with van der Waals surface area (Å²) in [5, 5.41) is 12.6. The zero-order chi connectivity index (χ0) is 15.3. The van der Waals surface area contributed by atoms with E-state index in [9.17, 15) is 13.5 Å². The van der Waals surface area contributed by atoms with E-state index in [1.54, 1.807) is 25.1 Å². The molecular formula is C15H20N2O3S. The second-order valence-corrected chi connectivity index (χ2v) is 6.88. The summed E-state index contributed by atoms with van der Waals surface area (Å²) in [4.78, 5) is 0.272. The lowest BCUT2D eigenvalue weighted by atomic mass is 10.1. The summed E-state index contributed by atoms with van der Waals surface area (Å²) in [5.41, 5.74) is 0.732. The number of aliphatic hydroxyl groups is 1. The highest BCUT2D eigenvalue weighted by atomic mass is 32.2. The number of aliphatic hydroxyl groups excluding tert-OH is 1. The van der Waals surface area contributed by atoms with E-state index in [0.29, 0.717) is 32.5 Å². The van der Waals surface area contributed by atoms with Crippen LogP contribution in [0.15, 0.2) is 29.2 Å². The van der Waals surface area contributed by atoms with Gasteiger partial charge in [0, 0.05) is 18.8 Å². The molecule has 0 aliphatic carbocycles. The van der Waals surface area contributed by atoms with Crippen molar-refractivity contribution < 1.29 is 13.5 Å². The van der Waals surface area contributed by atoms with Gasteiger partial charge in [0.15, 0.2) is 0 Å². The van der Waals surface area contributed by atoms with Gasteiger partial charge in [0.05, 0.1) is 17.5 Å². The number of anilines is 1. The second-order valence-electron chi connectivity index (χ2n) is 4.94. The SMILES string of the molecule is CC#CCNc1cccc(S(=O)(=O)N2CCC(O)CC2)c1. The lowest BCUT2D eigenvalue weighted by Gasteiger charge is -2.28. The van der Waals surface area contributed by atoms with Crippen LogP contribution in [0.2, 0.25) is 0 Å². The van der Waals surface area contributed by atoms with E-state index < -0.39 is 16.1 Å². The number of nitrogens with one attached hydrogen (secondary N) is 1. The molecule has 2 N–H and O–H groups in total. The summed E-state index contributed by atoms with van der Waals surface area (Å²) in [7, 11) is -3.49. The van der Waals surface area contributed by atoms with Crippen LogP contribution in [0, 0.1) is 11.8 Å². The number of nitrogens with zero attached hydrogens (tertiary/aromatic N) is 1. The summed E-state index contributed by atoms with van der Waals surface area (Å²) in [6, 6.07) is 6.75. The fourth-order valence-electron chi connectivity index (χ4n) is 2.23. The van der Waals surface area contributed by atoms with Gasteiger partial charge in [-0.1, -0.05) is 12.0 Å². The quantitative estimate of drug-likeness (QED) is 0.822. The highest BCUT2D eigenvalue weighted by Gasteiger charge is 2.28. The molecule has 0 unspecified atom stereocenters. The summed E-state index contributed by atoms with van der Waals surface area (Å²) in [6.07, 6.45) is 0.587. The lowest BCUT2D eigenvalue weighted by molar-refractivity contribution is 0.113. The van der Waals surface area contributed by atoms with Crippen LogP contribution in [0.5, 0.6) is 0 Å². The van der Waals surface area contributed by atoms with Gasteiger partial charge in [-0.25, -0.2) is 8.42 Å². The van der Waals surface area contributed by atoms with Gasteiger partial charge in [-0.2, -0.15) is 4.31 Å². The van der Waals surface area contributed by atoms with E-state index in [1.807, 2.05) is 6.07 Å². The van der Waals surface area contributed by atoms with Crippen molar-refractivity contribution >= 4 is 15.7 Å². The third-order valence-corrected chi connectivity index (χ3v) is 5.35. The Morgan fingerprint density at radius 3 is 2.76 bits per heavy atom. The van der Waals surface area contributed by atoms with Gasteiger partial charge < -0.3 is 10.4 Å². The molecule has 21 heavy (non-hydrogen) atoms. The summed E-state index contributed by atoms with van der Waals surface area (Å²) >= 11 is 0. The fourth-order valence-corrected chi connectivity index (χ4v) is 3.75. The Morgan fingerprint density at radius 2 is 2.10 bits per heavy atom. The van der Waals surface area contributed by atoms with Crippen LogP contribution in [0.1, 0.15) is 19.8 Å². The predicted octanol–water partition coefficient (Wildman–Crippen LogP) is 1.27. The van der Waals surface area contributed by atoms with Crippen LogP contribution >= 0.6 is 0 Å². The van der Waals surface area contributed by atoms with Crippen LogP contribution in [-0.4, -0.2) is 43.6 Å². The first-order valence-corrected chi connectivity index (χ1v) is 8.40. The summed E-state index contributed by atoms with van der Waals surface area (Å²) < 4.78 is 26.6. The first kappa shape index (κ1) is 15.8. The molecule has 114 valence electrons. The van der Waals surface area contributed by atoms with Crippen molar-refractivity contribution in [2.75, 3.05) is 25.0 Å². The molecule has 0 bridgehead atoms. The molecule has 1 aliphatic rings. The minimum absolute atomic E-state index is 0.272. The zero-order valence-corrected chi connectivity index (χ0v) is 12.9. The molecule has 0 radical (unpaired) electrons. The van der Waals surface area contributed by atoms with Crippen molar-refractivity contribution in [2.24, 2.45) is 0 Å². The molecule has 0 spiro atoms. The first-order valence-electron chi connectivity index (χ1n) is 6.96. The molecule has 1 heterocycles. The van der Waals surface area contributed by atoms with E-state index in [4.69, 9.17) is 0 Å². The van der Waals surface area contributed by atoms with Crippen LogP contribution < -0.4 is 5.32 Å². The van der Waals surface area contributed by atoms with Crippen LogP contribution in [-0.2, 0) is 10.0 Å². The number of hydrogen-bond acceptors (Lipinski definition) is 4. The topological polar surface area (TPSA) is 69.6 Å².